The number of hydrogen-bond donors (Lipinski definition) is 0. The smallest absolute Gasteiger partial charge is 0.135 e. The first-order valence-electron chi connectivity index (χ1n) is 3.74. The summed E-state index contributed by atoms with van der Waals surface area (Å²) >= 11 is 0. The molecule has 9 heavy (non-hydrogen) atoms. The largest absolute Gasteiger partial charge is 0.299 e. The molecule has 1 heteroatoms. The van der Waals surface area contributed by atoms with Gasteiger partial charge in [-0.15, -0.1) is 0 Å². The van der Waals surface area contributed by atoms with Crippen LogP contribution in [0.5, 0.6) is 0 Å². The van der Waals surface area contributed by atoms with E-state index in [1.165, 1.54) is 6.42 Å². The van der Waals surface area contributed by atoms with Crippen molar-refractivity contribution in [3.05, 3.63) is 0 Å². The Balaban J connectivity index is 2.51. The average molecular weight is 126 g/mol. The van der Waals surface area contributed by atoms with Gasteiger partial charge in [-0.05, 0) is 18.8 Å². The van der Waals surface area contributed by atoms with Crippen molar-refractivity contribution < 1.29 is 4.79 Å². The van der Waals surface area contributed by atoms with Gasteiger partial charge < -0.3 is 0 Å². The minimum Gasteiger partial charge on any atom is -0.299 e. The second-order valence-corrected chi connectivity index (χ2v) is 3.12. The Hall–Kier alpha value is -0.330. The number of Topliss-reactive ketones (excluding diaryl/α,β-unsaturated/α-hetero) is 1. The fourth-order valence-corrected chi connectivity index (χ4v) is 1.39. The zero-order chi connectivity index (χ0) is 6.85. The molecule has 0 saturated heterocycles. The van der Waals surface area contributed by atoms with Crippen LogP contribution < -0.4 is 0 Å². The van der Waals surface area contributed by atoms with Gasteiger partial charge in [0.15, 0.2) is 0 Å². The lowest BCUT2D eigenvalue weighted by atomic mass is 9.81. The third kappa shape index (κ3) is 1.32. The molecule has 1 fully saturated rings. The highest BCUT2D eigenvalue weighted by Gasteiger charge is 2.23. The summed E-state index contributed by atoms with van der Waals surface area (Å²) in [4.78, 5) is 11.0. The monoisotopic (exact) mass is 126 g/mol. The van der Waals surface area contributed by atoms with Crippen molar-refractivity contribution >= 4 is 5.78 Å². The Kier molecular flexibility index (Phi) is 1.89. The Morgan fingerprint density at radius 2 is 2.11 bits per heavy atom. The van der Waals surface area contributed by atoms with Gasteiger partial charge in [0, 0.05) is 12.3 Å². The number of carbonyl (C=O) groups is 1. The number of hydrogen-bond acceptors (Lipinski definition) is 1. The summed E-state index contributed by atoms with van der Waals surface area (Å²) in [5.74, 6) is 1.43. The van der Waals surface area contributed by atoms with Crippen molar-refractivity contribution in [3.63, 3.8) is 0 Å². The van der Waals surface area contributed by atoms with Crippen LogP contribution in [-0.2, 0) is 4.79 Å². The van der Waals surface area contributed by atoms with Gasteiger partial charge in [-0.2, -0.15) is 0 Å². The first-order valence-corrected chi connectivity index (χ1v) is 3.74. The summed E-state index contributed by atoms with van der Waals surface area (Å²) in [5, 5.41) is 0. The highest BCUT2D eigenvalue weighted by Crippen LogP contribution is 2.25. The molecule has 0 heterocycles. The fraction of sp³-hybridized carbons (Fsp3) is 0.875. The van der Waals surface area contributed by atoms with Crippen molar-refractivity contribution in [2.45, 2.75) is 33.1 Å². The van der Waals surface area contributed by atoms with E-state index in [1.807, 2.05) is 6.92 Å². The molecular weight excluding hydrogens is 112 g/mol. The van der Waals surface area contributed by atoms with Gasteiger partial charge in [-0.3, -0.25) is 4.79 Å². The maximum absolute atomic E-state index is 11.0. The van der Waals surface area contributed by atoms with Gasteiger partial charge in [0.25, 0.3) is 0 Å². The molecule has 0 spiro atoms. The number of carbonyl (C=O) groups excluding carboxylic acids is 1. The first-order chi connectivity index (χ1) is 4.22. The highest BCUT2D eigenvalue weighted by atomic mass is 16.1. The van der Waals surface area contributed by atoms with Crippen LogP contribution in [0.3, 0.4) is 0 Å². The molecule has 0 radical (unpaired) electrons. The molecular formula is C8H14O. The summed E-state index contributed by atoms with van der Waals surface area (Å²) < 4.78 is 0. The van der Waals surface area contributed by atoms with Crippen molar-refractivity contribution in [3.8, 4) is 0 Å². The van der Waals surface area contributed by atoms with Crippen LogP contribution in [-0.4, -0.2) is 5.78 Å². The van der Waals surface area contributed by atoms with Crippen molar-refractivity contribution in [1.29, 1.82) is 0 Å². The normalized spacial score (nSPS) is 36.9. The average Bonchev–Trinajstić information content (AvgIpc) is 1.83. The van der Waals surface area contributed by atoms with E-state index in [0.717, 1.165) is 12.8 Å². The van der Waals surface area contributed by atoms with Crippen LogP contribution in [0.2, 0.25) is 0 Å². The summed E-state index contributed by atoms with van der Waals surface area (Å²) in [7, 11) is 0. The quantitative estimate of drug-likeness (QED) is 0.485. The standard InChI is InChI=1S/C8H14O/c1-6-4-3-5-8(9)7(6)2/h6-7H,3-5H2,1-2H3/t6-,7-/m1/s1. The van der Waals surface area contributed by atoms with E-state index in [0.29, 0.717) is 17.6 Å². The van der Waals surface area contributed by atoms with E-state index in [1.54, 1.807) is 0 Å². The Labute approximate surface area is 56.4 Å². The van der Waals surface area contributed by atoms with Crippen LogP contribution in [0.25, 0.3) is 0 Å². The molecule has 52 valence electrons. The lowest BCUT2D eigenvalue weighted by molar-refractivity contribution is -0.125. The van der Waals surface area contributed by atoms with E-state index >= 15 is 0 Å². The molecule has 0 unspecified atom stereocenters. The van der Waals surface area contributed by atoms with E-state index < -0.39 is 0 Å². The molecule has 1 aliphatic carbocycles. The molecule has 2 atom stereocenters. The Morgan fingerprint density at radius 1 is 1.44 bits per heavy atom. The topological polar surface area (TPSA) is 17.1 Å². The second kappa shape index (κ2) is 2.51. The Bertz CT molecular complexity index is 118. The molecule has 1 rings (SSSR count). The maximum Gasteiger partial charge on any atom is 0.135 e. The Morgan fingerprint density at radius 3 is 2.56 bits per heavy atom. The summed E-state index contributed by atoms with van der Waals surface area (Å²) in [6, 6.07) is 0. The zero-order valence-electron chi connectivity index (χ0n) is 6.18. The van der Waals surface area contributed by atoms with Crippen molar-refractivity contribution in [2.24, 2.45) is 11.8 Å². The summed E-state index contributed by atoms with van der Waals surface area (Å²) in [6.45, 7) is 4.22. The molecule has 1 saturated carbocycles. The van der Waals surface area contributed by atoms with E-state index in [4.69, 9.17) is 0 Å². The van der Waals surface area contributed by atoms with Crippen LogP contribution in [0.4, 0.5) is 0 Å². The molecule has 1 nitrogen and oxygen atoms in total. The second-order valence-electron chi connectivity index (χ2n) is 3.12. The molecule has 0 aliphatic heterocycles. The molecule has 0 aromatic carbocycles. The van der Waals surface area contributed by atoms with Crippen molar-refractivity contribution in [1.82, 2.24) is 0 Å². The van der Waals surface area contributed by atoms with Gasteiger partial charge in [0.2, 0.25) is 0 Å². The van der Waals surface area contributed by atoms with Crippen LogP contribution in [0.15, 0.2) is 0 Å². The first kappa shape index (κ1) is 6.79. The maximum atomic E-state index is 11.0. The molecule has 1 aliphatic rings. The van der Waals surface area contributed by atoms with E-state index in [-0.39, 0.29) is 0 Å². The minimum absolute atomic E-state index is 0.332. The van der Waals surface area contributed by atoms with Gasteiger partial charge in [-0.1, -0.05) is 13.8 Å². The molecule has 0 aromatic rings. The van der Waals surface area contributed by atoms with E-state index in [9.17, 15) is 4.79 Å². The molecule has 0 N–H and O–H groups in total. The lowest BCUT2D eigenvalue weighted by Crippen LogP contribution is -2.23. The summed E-state index contributed by atoms with van der Waals surface area (Å²) in [6.07, 6.45) is 3.18. The van der Waals surface area contributed by atoms with Gasteiger partial charge in [0.05, 0.1) is 0 Å². The zero-order valence-corrected chi connectivity index (χ0v) is 6.18. The fourth-order valence-electron chi connectivity index (χ4n) is 1.39. The minimum atomic E-state index is 0.332. The molecule has 0 amide bonds. The van der Waals surface area contributed by atoms with Gasteiger partial charge in [-0.25, -0.2) is 0 Å². The predicted octanol–water partition coefficient (Wildman–Crippen LogP) is 2.01. The third-order valence-corrected chi connectivity index (χ3v) is 2.44. The van der Waals surface area contributed by atoms with Crippen LogP contribution in [0, 0.1) is 11.8 Å². The predicted molar refractivity (Wildman–Crippen MR) is 37.2 cm³/mol. The number of ketones is 1. The SMILES string of the molecule is C[C@@H]1CCCC(=O)[C@@H]1C. The summed E-state index contributed by atoms with van der Waals surface area (Å²) in [5.41, 5.74) is 0. The van der Waals surface area contributed by atoms with Gasteiger partial charge >= 0.3 is 0 Å². The number of rotatable bonds is 0. The van der Waals surface area contributed by atoms with E-state index in [2.05, 4.69) is 6.92 Å². The molecule has 0 bridgehead atoms. The molecule has 0 aromatic heterocycles. The highest BCUT2D eigenvalue weighted by molar-refractivity contribution is 5.81. The lowest BCUT2D eigenvalue weighted by Gasteiger charge is -2.23. The van der Waals surface area contributed by atoms with Crippen molar-refractivity contribution in [2.75, 3.05) is 0 Å². The van der Waals surface area contributed by atoms with Crippen LogP contribution >= 0.6 is 0 Å². The van der Waals surface area contributed by atoms with Gasteiger partial charge in [0.1, 0.15) is 5.78 Å². The third-order valence-electron chi connectivity index (χ3n) is 2.44. The van der Waals surface area contributed by atoms with Crippen LogP contribution in [0.1, 0.15) is 33.1 Å².